The van der Waals surface area contributed by atoms with Crippen LogP contribution < -0.4 is 10.2 Å². The standard InChI is InChI=1S/C15H25N5O/c1-19-7-8-21-13(11-19)10-16-14-9-15(18-12-17-14)20-5-3-2-4-6-20/h9,12-13H,2-8,10-11H2,1H3,(H,16,17,18). The lowest BCUT2D eigenvalue weighted by molar-refractivity contribution is -0.0117. The van der Waals surface area contributed by atoms with Crippen molar-refractivity contribution in [2.45, 2.75) is 25.4 Å². The van der Waals surface area contributed by atoms with E-state index >= 15 is 0 Å². The molecule has 1 aromatic rings. The maximum Gasteiger partial charge on any atom is 0.134 e. The molecule has 2 fully saturated rings. The monoisotopic (exact) mass is 291 g/mol. The van der Waals surface area contributed by atoms with Gasteiger partial charge < -0.3 is 19.9 Å². The Labute approximate surface area is 126 Å². The van der Waals surface area contributed by atoms with Crippen LogP contribution in [0, 0.1) is 0 Å². The number of piperidine rings is 1. The summed E-state index contributed by atoms with van der Waals surface area (Å²) in [7, 11) is 2.13. The molecule has 2 aliphatic heterocycles. The van der Waals surface area contributed by atoms with E-state index < -0.39 is 0 Å². The van der Waals surface area contributed by atoms with Gasteiger partial charge in [0, 0.05) is 38.8 Å². The topological polar surface area (TPSA) is 53.5 Å². The molecule has 0 spiro atoms. The fraction of sp³-hybridized carbons (Fsp3) is 0.733. The molecule has 2 aliphatic rings. The van der Waals surface area contributed by atoms with E-state index in [-0.39, 0.29) is 6.10 Å². The molecule has 3 heterocycles. The Morgan fingerprint density at radius 1 is 1.24 bits per heavy atom. The highest BCUT2D eigenvalue weighted by Gasteiger charge is 2.18. The molecule has 1 aromatic heterocycles. The highest BCUT2D eigenvalue weighted by atomic mass is 16.5. The Kier molecular flexibility index (Phi) is 4.87. The normalized spacial score (nSPS) is 24.0. The molecule has 2 saturated heterocycles. The first-order valence-electron chi connectivity index (χ1n) is 7.92. The Balaban J connectivity index is 1.55. The third-order valence-corrected chi connectivity index (χ3v) is 4.19. The van der Waals surface area contributed by atoms with Crippen molar-refractivity contribution in [2.75, 3.05) is 56.6 Å². The average Bonchev–Trinajstić information content (AvgIpc) is 2.54. The predicted octanol–water partition coefficient (Wildman–Crippen LogP) is 1.21. The molecule has 116 valence electrons. The van der Waals surface area contributed by atoms with Crippen molar-refractivity contribution in [1.29, 1.82) is 0 Å². The molecule has 0 amide bonds. The van der Waals surface area contributed by atoms with Crippen LogP contribution in [0.1, 0.15) is 19.3 Å². The average molecular weight is 291 g/mol. The molecule has 1 N–H and O–H groups in total. The van der Waals surface area contributed by atoms with Crippen molar-refractivity contribution in [3.8, 4) is 0 Å². The minimum atomic E-state index is 0.233. The van der Waals surface area contributed by atoms with Gasteiger partial charge in [0.25, 0.3) is 0 Å². The first-order valence-corrected chi connectivity index (χ1v) is 7.92. The van der Waals surface area contributed by atoms with Crippen molar-refractivity contribution >= 4 is 11.6 Å². The number of rotatable bonds is 4. The van der Waals surface area contributed by atoms with Gasteiger partial charge in [-0.05, 0) is 26.3 Å². The predicted molar refractivity (Wildman–Crippen MR) is 83.8 cm³/mol. The minimum absolute atomic E-state index is 0.233. The van der Waals surface area contributed by atoms with Gasteiger partial charge in [0.1, 0.15) is 18.0 Å². The molecular formula is C15H25N5O. The van der Waals surface area contributed by atoms with Crippen LogP contribution in [0.3, 0.4) is 0 Å². The van der Waals surface area contributed by atoms with E-state index in [9.17, 15) is 0 Å². The van der Waals surface area contributed by atoms with Crippen LogP contribution in [-0.4, -0.2) is 67.4 Å². The van der Waals surface area contributed by atoms with Gasteiger partial charge in [-0.2, -0.15) is 0 Å². The zero-order chi connectivity index (χ0) is 14.5. The Bertz CT molecular complexity index is 449. The number of aromatic nitrogens is 2. The van der Waals surface area contributed by atoms with E-state index in [2.05, 4.69) is 38.2 Å². The summed E-state index contributed by atoms with van der Waals surface area (Å²) in [5.74, 6) is 1.93. The van der Waals surface area contributed by atoms with Crippen molar-refractivity contribution in [3.05, 3.63) is 12.4 Å². The summed E-state index contributed by atoms with van der Waals surface area (Å²) in [5, 5.41) is 3.38. The van der Waals surface area contributed by atoms with Gasteiger partial charge in [0.2, 0.25) is 0 Å². The third-order valence-electron chi connectivity index (χ3n) is 4.19. The van der Waals surface area contributed by atoms with Gasteiger partial charge in [-0.3, -0.25) is 0 Å². The SMILES string of the molecule is CN1CCOC(CNc2cc(N3CCCCC3)ncn2)C1. The fourth-order valence-corrected chi connectivity index (χ4v) is 2.95. The summed E-state index contributed by atoms with van der Waals surface area (Å²) in [4.78, 5) is 13.4. The molecule has 6 nitrogen and oxygen atoms in total. The lowest BCUT2D eigenvalue weighted by Crippen LogP contribution is -2.43. The number of anilines is 2. The third kappa shape index (κ3) is 4.04. The Morgan fingerprint density at radius 2 is 2.10 bits per heavy atom. The second-order valence-corrected chi connectivity index (χ2v) is 5.95. The Hall–Kier alpha value is -1.40. The molecule has 1 unspecified atom stereocenters. The van der Waals surface area contributed by atoms with E-state index in [4.69, 9.17) is 4.74 Å². The number of hydrogen-bond donors (Lipinski definition) is 1. The summed E-state index contributed by atoms with van der Waals surface area (Å²) >= 11 is 0. The van der Waals surface area contributed by atoms with Crippen LogP contribution in [0.2, 0.25) is 0 Å². The van der Waals surface area contributed by atoms with Crippen molar-refractivity contribution in [2.24, 2.45) is 0 Å². The van der Waals surface area contributed by atoms with Gasteiger partial charge >= 0.3 is 0 Å². The van der Waals surface area contributed by atoms with Crippen LogP contribution >= 0.6 is 0 Å². The molecule has 0 saturated carbocycles. The summed E-state index contributed by atoms with van der Waals surface area (Å²) in [6.45, 7) is 5.80. The van der Waals surface area contributed by atoms with Crippen LogP contribution in [-0.2, 0) is 4.74 Å². The lowest BCUT2D eigenvalue weighted by Gasteiger charge is -2.30. The number of nitrogens with one attached hydrogen (secondary N) is 1. The van der Waals surface area contributed by atoms with Crippen LogP contribution in [0.5, 0.6) is 0 Å². The van der Waals surface area contributed by atoms with Crippen LogP contribution in [0.4, 0.5) is 11.6 Å². The minimum Gasteiger partial charge on any atom is -0.374 e. The number of ether oxygens (including phenoxy) is 1. The fourth-order valence-electron chi connectivity index (χ4n) is 2.95. The van der Waals surface area contributed by atoms with E-state index in [1.54, 1.807) is 6.33 Å². The smallest absolute Gasteiger partial charge is 0.134 e. The summed E-state index contributed by atoms with van der Waals surface area (Å²) in [6, 6.07) is 2.05. The van der Waals surface area contributed by atoms with Gasteiger partial charge in [-0.25, -0.2) is 9.97 Å². The molecule has 0 radical (unpaired) electrons. The van der Waals surface area contributed by atoms with Crippen LogP contribution in [0.15, 0.2) is 12.4 Å². The highest BCUT2D eigenvalue weighted by molar-refractivity contribution is 5.48. The molecule has 0 aromatic carbocycles. The van der Waals surface area contributed by atoms with E-state index in [0.29, 0.717) is 0 Å². The van der Waals surface area contributed by atoms with Gasteiger partial charge in [-0.1, -0.05) is 0 Å². The van der Waals surface area contributed by atoms with Gasteiger partial charge in [0.05, 0.1) is 12.7 Å². The maximum atomic E-state index is 5.76. The summed E-state index contributed by atoms with van der Waals surface area (Å²) < 4.78 is 5.76. The van der Waals surface area contributed by atoms with E-state index in [1.165, 1.54) is 19.3 Å². The Morgan fingerprint density at radius 3 is 2.90 bits per heavy atom. The zero-order valence-corrected chi connectivity index (χ0v) is 12.8. The number of morpholine rings is 1. The highest BCUT2D eigenvalue weighted by Crippen LogP contribution is 2.19. The van der Waals surface area contributed by atoms with Crippen LogP contribution in [0.25, 0.3) is 0 Å². The maximum absolute atomic E-state index is 5.76. The van der Waals surface area contributed by atoms with Crippen molar-refractivity contribution < 1.29 is 4.74 Å². The molecule has 21 heavy (non-hydrogen) atoms. The molecule has 3 rings (SSSR count). The van der Waals surface area contributed by atoms with Crippen molar-refractivity contribution in [1.82, 2.24) is 14.9 Å². The van der Waals surface area contributed by atoms with E-state index in [1.807, 2.05) is 0 Å². The number of likely N-dealkylation sites (N-methyl/N-ethyl adjacent to an activating group) is 1. The quantitative estimate of drug-likeness (QED) is 0.900. The molecular weight excluding hydrogens is 266 g/mol. The molecule has 0 aliphatic carbocycles. The van der Waals surface area contributed by atoms with Crippen molar-refractivity contribution in [3.63, 3.8) is 0 Å². The summed E-state index contributed by atoms with van der Waals surface area (Å²) in [6.07, 6.45) is 5.74. The molecule has 6 heteroatoms. The summed E-state index contributed by atoms with van der Waals surface area (Å²) in [5.41, 5.74) is 0. The number of hydrogen-bond acceptors (Lipinski definition) is 6. The van der Waals surface area contributed by atoms with Gasteiger partial charge in [-0.15, -0.1) is 0 Å². The largest absolute Gasteiger partial charge is 0.374 e. The molecule has 0 bridgehead atoms. The van der Waals surface area contributed by atoms with E-state index in [0.717, 1.165) is 51.0 Å². The molecule has 1 atom stereocenters. The first-order chi connectivity index (χ1) is 10.3. The number of nitrogens with zero attached hydrogens (tertiary/aromatic N) is 4. The second-order valence-electron chi connectivity index (χ2n) is 5.95. The lowest BCUT2D eigenvalue weighted by atomic mass is 10.1. The second kappa shape index (κ2) is 7.04. The zero-order valence-electron chi connectivity index (χ0n) is 12.8. The van der Waals surface area contributed by atoms with Gasteiger partial charge in [0.15, 0.2) is 0 Å². The first kappa shape index (κ1) is 14.5.